The van der Waals surface area contributed by atoms with Crippen molar-refractivity contribution >= 4 is 33.1 Å². The maximum absolute atomic E-state index is 12.5. The lowest BCUT2D eigenvalue weighted by Crippen LogP contribution is -2.23. The highest BCUT2D eigenvalue weighted by atomic mass is 32.2. The Balaban J connectivity index is 1.64. The molecule has 1 aliphatic carbocycles. The number of nitrogens with one attached hydrogen (secondary N) is 1. The molecule has 0 bridgehead atoms. The summed E-state index contributed by atoms with van der Waals surface area (Å²) in [5.74, 6) is -1.49. The molecular weight excluding hydrogens is 376 g/mol. The first-order valence-electron chi connectivity index (χ1n) is 8.18. The molecule has 0 aliphatic heterocycles. The van der Waals surface area contributed by atoms with Crippen LogP contribution in [0.3, 0.4) is 0 Å². The van der Waals surface area contributed by atoms with Gasteiger partial charge in [0.05, 0.1) is 16.7 Å². The molecule has 1 amide bonds. The zero-order chi connectivity index (χ0) is 18.7. The van der Waals surface area contributed by atoms with Crippen molar-refractivity contribution in [1.29, 1.82) is 0 Å². The van der Waals surface area contributed by atoms with Gasteiger partial charge in [-0.15, -0.1) is 11.3 Å². The number of carboxylic acid groups (broad SMARTS) is 1. The second kappa shape index (κ2) is 7.55. The van der Waals surface area contributed by atoms with Crippen LogP contribution in [0.2, 0.25) is 0 Å². The van der Waals surface area contributed by atoms with Crippen molar-refractivity contribution in [2.75, 3.05) is 0 Å². The molecule has 1 heterocycles. The monoisotopic (exact) mass is 394 g/mol. The number of carbonyl (C=O) groups is 2. The molecule has 1 aromatic carbocycles. The maximum atomic E-state index is 12.5. The first-order chi connectivity index (χ1) is 12.4. The number of carbonyl (C=O) groups excluding carboxylic acids is 1. The Hall–Kier alpha value is -2.26. The van der Waals surface area contributed by atoms with Gasteiger partial charge in [-0.2, -0.15) is 0 Å². The molecule has 1 aromatic heterocycles. The summed E-state index contributed by atoms with van der Waals surface area (Å²) >= 11 is 1.15. The molecule has 0 atom stereocenters. The number of thiazole rings is 1. The number of benzene rings is 1. The van der Waals surface area contributed by atoms with Crippen molar-refractivity contribution in [1.82, 2.24) is 10.3 Å². The number of hydrogen-bond donors (Lipinski definition) is 2. The number of aromatic nitrogens is 1. The van der Waals surface area contributed by atoms with Gasteiger partial charge in [0, 0.05) is 10.9 Å². The predicted molar refractivity (Wildman–Crippen MR) is 96.1 cm³/mol. The maximum Gasteiger partial charge on any atom is 0.355 e. The van der Waals surface area contributed by atoms with E-state index in [9.17, 15) is 18.0 Å². The Morgan fingerprint density at radius 2 is 1.85 bits per heavy atom. The quantitative estimate of drug-likeness (QED) is 0.778. The van der Waals surface area contributed by atoms with E-state index >= 15 is 0 Å². The van der Waals surface area contributed by atoms with E-state index in [2.05, 4.69) is 10.3 Å². The highest BCUT2D eigenvalue weighted by Gasteiger charge is 2.30. The molecule has 138 valence electrons. The van der Waals surface area contributed by atoms with Crippen molar-refractivity contribution in [3.63, 3.8) is 0 Å². The Bertz CT molecular complexity index is 913. The van der Waals surface area contributed by atoms with E-state index in [1.54, 1.807) is 0 Å². The summed E-state index contributed by atoms with van der Waals surface area (Å²) in [7, 11) is -3.34. The lowest BCUT2D eigenvalue weighted by atomic mass is 10.2. The highest BCUT2D eigenvalue weighted by Crippen LogP contribution is 2.29. The van der Waals surface area contributed by atoms with E-state index in [1.165, 1.54) is 29.6 Å². The molecule has 26 heavy (non-hydrogen) atoms. The van der Waals surface area contributed by atoms with Crippen LogP contribution in [0.1, 0.15) is 51.5 Å². The molecule has 1 fully saturated rings. The van der Waals surface area contributed by atoms with Crippen LogP contribution in [0.25, 0.3) is 0 Å². The van der Waals surface area contributed by atoms with E-state index in [0.29, 0.717) is 23.4 Å². The van der Waals surface area contributed by atoms with Gasteiger partial charge in [-0.25, -0.2) is 18.2 Å². The van der Waals surface area contributed by atoms with Gasteiger partial charge >= 0.3 is 5.97 Å². The van der Waals surface area contributed by atoms with Gasteiger partial charge in [0.25, 0.3) is 5.91 Å². The minimum atomic E-state index is -3.34. The van der Waals surface area contributed by atoms with Gasteiger partial charge in [-0.1, -0.05) is 12.8 Å². The molecule has 1 aliphatic rings. The summed E-state index contributed by atoms with van der Waals surface area (Å²) in [6.45, 7) is 0.110. The third-order valence-corrected chi connectivity index (χ3v) is 7.48. The van der Waals surface area contributed by atoms with Gasteiger partial charge in [0.2, 0.25) is 0 Å². The standard InChI is InChI=1S/C17H18N2O5S2/c20-16(18-9-15-19-14(10-25-15)17(21)22)11-5-7-13(8-6-11)26(23,24)12-3-1-2-4-12/h5-8,10,12H,1-4,9H2,(H,18,20)(H,21,22). The summed E-state index contributed by atoms with van der Waals surface area (Å²) in [6, 6.07) is 5.91. The average Bonchev–Trinajstić information content (AvgIpc) is 3.31. The molecule has 0 spiro atoms. The summed E-state index contributed by atoms with van der Waals surface area (Å²) in [4.78, 5) is 27.1. The third-order valence-electron chi connectivity index (χ3n) is 4.36. The smallest absolute Gasteiger partial charge is 0.355 e. The number of nitrogens with zero attached hydrogens (tertiary/aromatic N) is 1. The normalized spacial score (nSPS) is 15.1. The molecule has 2 N–H and O–H groups in total. The molecule has 2 aromatic rings. The number of aromatic carboxylic acids is 1. The van der Waals surface area contributed by atoms with Gasteiger partial charge in [0.1, 0.15) is 5.01 Å². The van der Waals surface area contributed by atoms with Gasteiger partial charge in [-0.3, -0.25) is 4.79 Å². The molecule has 0 radical (unpaired) electrons. The van der Waals surface area contributed by atoms with Crippen LogP contribution in [0.4, 0.5) is 0 Å². The molecule has 3 rings (SSSR count). The number of rotatable bonds is 6. The van der Waals surface area contributed by atoms with Crippen molar-refractivity contribution < 1.29 is 23.1 Å². The minimum absolute atomic E-state index is 0.0549. The van der Waals surface area contributed by atoms with Crippen LogP contribution in [-0.2, 0) is 16.4 Å². The number of hydrogen-bond acceptors (Lipinski definition) is 6. The summed E-state index contributed by atoms with van der Waals surface area (Å²) in [6.07, 6.45) is 3.25. The first-order valence-corrected chi connectivity index (χ1v) is 10.6. The topological polar surface area (TPSA) is 113 Å². The average molecular weight is 394 g/mol. The fourth-order valence-electron chi connectivity index (χ4n) is 2.94. The van der Waals surface area contributed by atoms with Crippen LogP contribution in [0.5, 0.6) is 0 Å². The largest absolute Gasteiger partial charge is 0.476 e. The van der Waals surface area contributed by atoms with Gasteiger partial charge < -0.3 is 10.4 Å². The molecule has 0 saturated heterocycles. The van der Waals surface area contributed by atoms with Crippen LogP contribution >= 0.6 is 11.3 Å². The Morgan fingerprint density at radius 1 is 1.19 bits per heavy atom. The zero-order valence-corrected chi connectivity index (χ0v) is 15.5. The lowest BCUT2D eigenvalue weighted by Gasteiger charge is -2.11. The lowest BCUT2D eigenvalue weighted by molar-refractivity contribution is 0.0691. The molecule has 7 nitrogen and oxygen atoms in total. The van der Waals surface area contributed by atoms with Gasteiger partial charge in [-0.05, 0) is 37.1 Å². The molecule has 0 unspecified atom stereocenters. The van der Waals surface area contributed by atoms with Crippen LogP contribution in [-0.4, -0.2) is 35.6 Å². The summed E-state index contributed by atoms with van der Waals surface area (Å²) in [5.41, 5.74) is 0.283. The predicted octanol–water partition coefficient (Wildman–Crippen LogP) is 2.49. The summed E-state index contributed by atoms with van der Waals surface area (Å²) in [5, 5.41) is 13.0. The second-order valence-electron chi connectivity index (χ2n) is 6.09. The summed E-state index contributed by atoms with van der Waals surface area (Å²) < 4.78 is 25.1. The Kier molecular flexibility index (Phi) is 5.38. The van der Waals surface area contributed by atoms with Crippen molar-refractivity contribution in [3.05, 3.63) is 45.9 Å². The molecule has 9 heteroatoms. The van der Waals surface area contributed by atoms with Crippen molar-refractivity contribution in [3.8, 4) is 0 Å². The second-order valence-corrected chi connectivity index (χ2v) is 9.26. The molecular formula is C17H18N2O5S2. The van der Waals surface area contributed by atoms with Crippen LogP contribution in [0.15, 0.2) is 34.5 Å². The fraction of sp³-hybridized carbons (Fsp3) is 0.353. The van der Waals surface area contributed by atoms with Crippen LogP contribution < -0.4 is 5.32 Å². The fourth-order valence-corrected chi connectivity index (χ4v) is 5.50. The van der Waals surface area contributed by atoms with E-state index in [4.69, 9.17) is 5.11 Å². The molecule has 1 saturated carbocycles. The first kappa shape index (κ1) is 18.5. The number of carboxylic acids is 1. The number of amides is 1. The van der Waals surface area contributed by atoms with E-state index < -0.39 is 15.8 Å². The van der Waals surface area contributed by atoms with Crippen molar-refractivity contribution in [2.45, 2.75) is 42.4 Å². The SMILES string of the molecule is O=C(NCc1nc(C(=O)O)cs1)c1ccc(S(=O)(=O)C2CCCC2)cc1. The Labute approximate surface area is 155 Å². The van der Waals surface area contributed by atoms with Crippen LogP contribution in [0, 0.1) is 0 Å². The number of sulfone groups is 1. The van der Waals surface area contributed by atoms with Gasteiger partial charge in [0.15, 0.2) is 15.5 Å². The highest BCUT2D eigenvalue weighted by molar-refractivity contribution is 7.92. The zero-order valence-electron chi connectivity index (χ0n) is 13.8. The van der Waals surface area contributed by atoms with E-state index in [1.807, 2.05) is 0 Å². The van der Waals surface area contributed by atoms with E-state index in [0.717, 1.165) is 24.2 Å². The van der Waals surface area contributed by atoms with E-state index in [-0.39, 0.29) is 28.3 Å². The van der Waals surface area contributed by atoms with Crippen molar-refractivity contribution in [2.24, 2.45) is 0 Å². The minimum Gasteiger partial charge on any atom is -0.476 e. The third kappa shape index (κ3) is 3.94. The Morgan fingerprint density at radius 3 is 2.42 bits per heavy atom.